The van der Waals surface area contributed by atoms with Crippen LogP contribution in [0.4, 0.5) is 5.82 Å². The Balaban J connectivity index is 1.91. The molecule has 0 spiro atoms. The van der Waals surface area contributed by atoms with Crippen LogP contribution in [0.25, 0.3) is 33.4 Å². The van der Waals surface area contributed by atoms with Gasteiger partial charge in [0, 0.05) is 15.6 Å². The molecule has 0 amide bonds. The van der Waals surface area contributed by atoms with Crippen LogP contribution in [0.15, 0.2) is 65.4 Å². The maximum atomic E-state index is 6.19. The molecule has 2 aromatic carbocycles. The second kappa shape index (κ2) is 7.54. The summed E-state index contributed by atoms with van der Waals surface area (Å²) in [5.41, 5.74) is 11.8. The van der Waals surface area contributed by atoms with E-state index in [0.29, 0.717) is 11.5 Å². The molecule has 0 saturated carbocycles. The van der Waals surface area contributed by atoms with E-state index in [0.717, 1.165) is 32.2 Å². The zero-order chi connectivity index (χ0) is 20.6. The Morgan fingerprint density at radius 2 is 1.72 bits per heavy atom. The summed E-state index contributed by atoms with van der Waals surface area (Å²) in [6.07, 6.45) is 1.46. The molecule has 0 fully saturated rings. The van der Waals surface area contributed by atoms with Gasteiger partial charge in [-0.1, -0.05) is 52.3 Å². The molecule has 0 unspecified atom stereocenters. The van der Waals surface area contributed by atoms with Crippen molar-refractivity contribution in [2.75, 3.05) is 12.8 Å². The molecule has 3 N–H and O–H groups in total. The number of anilines is 1. The zero-order valence-electron chi connectivity index (χ0n) is 16.6. The number of pyridine rings is 1. The van der Waals surface area contributed by atoms with Gasteiger partial charge in [0.1, 0.15) is 12.1 Å². The SMILES string of the molecule is CNC(C)(C)c1ccc(-c2cc(-c3cccc(Br)c3)c3c(N)ncnc3n2)cc1. The standard InChI is InChI=1S/C23H22BrN5/c1-23(2,26-3)16-9-7-14(8-10-16)19-12-18(15-5-4-6-17(24)11-15)20-21(25)27-13-28-22(20)29-19/h4-13,26H,1-3H3,(H2,25,27,28,29). The number of hydrogen-bond acceptors (Lipinski definition) is 5. The normalized spacial score (nSPS) is 11.7. The summed E-state index contributed by atoms with van der Waals surface area (Å²) in [7, 11) is 1.97. The van der Waals surface area contributed by atoms with Gasteiger partial charge in [-0.05, 0) is 55.8 Å². The van der Waals surface area contributed by atoms with Gasteiger partial charge in [0.05, 0.1) is 11.1 Å². The minimum absolute atomic E-state index is 0.0987. The number of nitrogens with one attached hydrogen (secondary N) is 1. The highest BCUT2D eigenvalue weighted by atomic mass is 79.9. The van der Waals surface area contributed by atoms with Gasteiger partial charge in [-0.3, -0.25) is 0 Å². The highest BCUT2D eigenvalue weighted by molar-refractivity contribution is 9.10. The molecule has 0 bridgehead atoms. The molecule has 2 aromatic heterocycles. The monoisotopic (exact) mass is 447 g/mol. The van der Waals surface area contributed by atoms with Crippen molar-refractivity contribution < 1.29 is 0 Å². The lowest BCUT2D eigenvalue weighted by molar-refractivity contribution is 0.445. The fourth-order valence-electron chi connectivity index (χ4n) is 3.32. The Kier molecular flexibility index (Phi) is 5.06. The van der Waals surface area contributed by atoms with Crippen LogP contribution in [0.2, 0.25) is 0 Å². The fourth-order valence-corrected chi connectivity index (χ4v) is 3.72. The third kappa shape index (κ3) is 3.73. The Morgan fingerprint density at radius 3 is 2.41 bits per heavy atom. The topological polar surface area (TPSA) is 76.7 Å². The van der Waals surface area contributed by atoms with Crippen LogP contribution >= 0.6 is 15.9 Å². The molecule has 2 heterocycles. The first-order chi connectivity index (χ1) is 13.9. The molecule has 146 valence electrons. The number of halogens is 1. The Hall–Kier alpha value is -2.83. The molecule has 6 heteroatoms. The molecule has 5 nitrogen and oxygen atoms in total. The zero-order valence-corrected chi connectivity index (χ0v) is 18.2. The second-order valence-electron chi connectivity index (χ2n) is 7.48. The predicted molar refractivity (Wildman–Crippen MR) is 122 cm³/mol. The van der Waals surface area contributed by atoms with Gasteiger partial charge in [0.2, 0.25) is 0 Å². The summed E-state index contributed by atoms with van der Waals surface area (Å²) in [4.78, 5) is 13.3. The maximum Gasteiger partial charge on any atom is 0.165 e. The van der Waals surface area contributed by atoms with E-state index in [1.165, 1.54) is 11.9 Å². The summed E-state index contributed by atoms with van der Waals surface area (Å²) < 4.78 is 0.996. The van der Waals surface area contributed by atoms with Crippen molar-refractivity contribution in [3.05, 3.63) is 71.0 Å². The van der Waals surface area contributed by atoms with Crippen molar-refractivity contribution in [3.63, 3.8) is 0 Å². The van der Waals surface area contributed by atoms with Crippen molar-refractivity contribution in [2.24, 2.45) is 0 Å². The molecule has 4 aromatic rings. The van der Waals surface area contributed by atoms with E-state index in [9.17, 15) is 0 Å². The number of benzene rings is 2. The molecule has 29 heavy (non-hydrogen) atoms. The van der Waals surface area contributed by atoms with Crippen LogP contribution in [0.1, 0.15) is 19.4 Å². The van der Waals surface area contributed by atoms with Gasteiger partial charge < -0.3 is 11.1 Å². The highest BCUT2D eigenvalue weighted by Gasteiger charge is 2.18. The third-order valence-electron chi connectivity index (χ3n) is 5.30. The number of fused-ring (bicyclic) bond motifs is 1. The average molecular weight is 448 g/mol. The molecular formula is C23H22BrN5. The molecule has 0 aliphatic rings. The van der Waals surface area contributed by atoms with E-state index in [4.69, 9.17) is 10.7 Å². The third-order valence-corrected chi connectivity index (χ3v) is 5.79. The molecule has 0 aliphatic heterocycles. The largest absolute Gasteiger partial charge is 0.383 e. The van der Waals surface area contributed by atoms with Crippen molar-refractivity contribution in [1.82, 2.24) is 20.3 Å². The predicted octanol–water partition coefficient (Wildman–Crippen LogP) is 5.16. The lowest BCUT2D eigenvalue weighted by Crippen LogP contribution is -2.32. The number of nitrogens with zero attached hydrogens (tertiary/aromatic N) is 3. The smallest absolute Gasteiger partial charge is 0.165 e. The summed E-state index contributed by atoms with van der Waals surface area (Å²) in [5, 5.41) is 4.10. The minimum atomic E-state index is -0.0987. The number of nitrogens with two attached hydrogens (primary N) is 1. The van der Waals surface area contributed by atoms with E-state index < -0.39 is 0 Å². The van der Waals surface area contributed by atoms with Crippen LogP contribution < -0.4 is 11.1 Å². The molecule has 0 atom stereocenters. The summed E-state index contributed by atoms with van der Waals surface area (Å²) in [6, 6.07) is 18.6. The van der Waals surface area contributed by atoms with Gasteiger partial charge in [-0.2, -0.15) is 0 Å². The first-order valence-corrected chi connectivity index (χ1v) is 10.2. The molecule has 0 radical (unpaired) electrons. The number of nitrogen functional groups attached to an aromatic ring is 1. The Labute approximate surface area is 178 Å². The van der Waals surface area contributed by atoms with E-state index in [1.54, 1.807) is 0 Å². The maximum absolute atomic E-state index is 6.19. The Bertz CT molecular complexity index is 1190. The molecular weight excluding hydrogens is 426 g/mol. The summed E-state index contributed by atoms with van der Waals surface area (Å²) >= 11 is 3.55. The van der Waals surface area contributed by atoms with Gasteiger partial charge in [0.25, 0.3) is 0 Å². The van der Waals surface area contributed by atoms with Crippen LogP contribution in [-0.4, -0.2) is 22.0 Å². The van der Waals surface area contributed by atoms with E-state index >= 15 is 0 Å². The van der Waals surface area contributed by atoms with Crippen LogP contribution in [0, 0.1) is 0 Å². The van der Waals surface area contributed by atoms with Gasteiger partial charge in [-0.15, -0.1) is 0 Å². The highest BCUT2D eigenvalue weighted by Crippen LogP contribution is 2.35. The quantitative estimate of drug-likeness (QED) is 0.451. The minimum Gasteiger partial charge on any atom is -0.383 e. The Morgan fingerprint density at radius 1 is 0.966 bits per heavy atom. The van der Waals surface area contributed by atoms with Crippen LogP contribution in [-0.2, 0) is 5.54 Å². The van der Waals surface area contributed by atoms with Crippen molar-refractivity contribution in [3.8, 4) is 22.4 Å². The van der Waals surface area contributed by atoms with Gasteiger partial charge in [-0.25, -0.2) is 15.0 Å². The van der Waals surface area contributed by atoms with Gasteiger partial charge in [0.15, 0.2) is 5.65 Å². The van der Waals surface area contributed by atoms with Crippen LogP contribution in [0.3, 0.4) is 0 Å². The van der Waals surface area contributed by atoms with Crippen molar-refractivity contribution in [2.45, 2.75) is 19.4 Å². The summed E-state index contributed by atoms with van der Waals surface area (Å²) in [6.45, 7) is 4.31. The number of hydrogen-bond donors (Lipinski definition) is 2. The van der Waals surface area contributed by atoms with E-state index in [1.807, 2.05) is 25.2 Å². The number of aromatic nitrogens is 3. The molecule has 0 aliphatic carbocycles. The second-order valence-corrected chi connectivity index (χ2v) is 8.39. The van der Waals surface area contributed by atoms with E-state index in [2.05, 4.69) is 81.5 Å². The number of rotatable bonds is 4. The lowest BCUT2D eigenvalue weighted by Gasteiger charge is -2.24. The van der Waals surface area contributed by atoms with Crippen molar-refractivity contribution >= 4 is 32.8 Å². The lowest BCUT2D eigenvalue weighted by atomic mass is 9.93. The fraction of sp³-hybridized carbons (Fsp3) is 0.174. The summed E-state index contributed by atoms with van der Waals surface area (Å²) in [5.74, 6) is 0.426. The first-order valence-electron chi connectivity index (χ1n) is 9.36. The molecule has 4 rings (SSSR count). The van der Waals surface area contributed by atoms with Gasteiger partial charge >= 0.3 is 0 Å². The van der Waals surface area contributed by atoms with Crippen molar-refractivity contribution in [1.29, 1.82) is 0 Å². The first kappa shape index (κ1) is 19.5. The van der Waals surface area contributed by atoms with E-state index in [-0.39, 0.29) is 5.54 Å². The molecule has 0 saturated heterocycles. The average Bonchev–Trinajstić information content (AvgIpc) is 2.73. The van der Waals surface area contributed by atoms with Crippen LogP contribution in [0.5, 0.6) is 0 Å².